The number of fused-ring (bicyclic) bond motifs is 1. The number of hydrogen-bond donors (Lipinski definition) is 1. The molecule has 0 aliphatic heterocycles. The number of aryl methyl sites for hydroxylation is 2. The number of carbonyl (C=O) groups excluding carboxylic acids is 1. The molecule has 2 fully saturated rings. The first-order valence-corrected chi connectivity index (χ1v) is 11.2. The second-order valence-corrected chi connectivity index (χ2v) is 9.61. The molecule has 2 heterocycles. The number of thiophene rings is 1. The Balaban J connectivity index is 1.51. The fraction of sp³-hybridized carbons (Fsp3) is 0.632. The summed E-state index contributed by atoms with van der Waals surface area (Å²) in [5.41, 5.74) is 1.03. The third-order valence-corrected chi connectivity index (χ3v) is 7.57. The van der Waals surface area contributed by atoms with E-state index in [9.17, 15) is 9.59 Å². The number of carbonyl (C=O) groups is 1. The quantitative estimate of drug-likeness (QED) is 0.580. The first-order valence-electron chi connectivity index (χ1n) is 9.42. The van der Waals surface area contributed by atoms with Gasteiger partial charge in [-0.05, 0) is 63.9 Å². The second-order valence-electron chi connectivity index (χ2n) is 7.46. The maximum Gasteiger partial charge on any atom is 0.263 e. The predicted molar refractivity (Wildman–Crippen MR) is 107 cm³/mol. The van der Waals surface area contributed by atoms with Crippen molar-refractivity contribution in [2.75, 3.05) is 5.75 Å². The van der Waals surface area contributed by atoms with E-state index in [-0.39, 0.29) is 11.5 Å². The van der Waals surface area contributed by atoms with Crippen molar-refractivity contribution in [3.05, 3.63) is 20.8 Å². The Kier molecular flexibility index (Phi) is 4.86. The fourth-order valence-corrected chi connectivity index (χ4v) is 5.53. The van der Waals surface area contributed by atoms with Crippen LogP contribution in [0.15, 0.2) is 9.95 Å². The third kappa shape index (κ3) is 3.43. The zero-order valence-electron chi connectivity index (χ0n) is 15.5. The molecular formula is C19H25N3O2S2. The van der Waals surface area contributed by atoms with Crippen LogP contribution >= 0.6 is 23.1 Å². The molecule has 2 aliphatic rings. The second kappa shape index (κ2) is 7.00. The lowest BCUT2D eigenvalue weighted by molar-refractivity contribution is -0.119. The number of nitrogens with one attached hydrogen (secondary N) is 1. The van der Waals surface area contributed by atoms with Crippen molar-refractivity contribution in [2.24, 2.45) is 11.8 Å². The maximum atomic E-state index is 12.8. The molecule has 2 aromatic rings. The zero-order chi connectivity index (χ0) is 18.4. The average molecular weight is 392 g/mol. The van der Waals surface area contributed by atoms with Crippen LogP contribution in [0.4, 0.5) is 0 Å². The SMILES string of the molecule is CCn1c(SCC(=O)NC(C2CC2)C2CC2)nc2sc(C)c(C)c2c1=O. The van der Waals surface area contributed by atoms with E-state index >= 15 is 0 Å². The molecule has 140 valence electrons. The van der Waals surface area contributed by atoms with Crippen LogP contribution in [0.5, 0.6) is 0 Å². The van der Waals surface area contributed by atoms with Crippen LogP contribution in [0.1, 0.15) is 43.0 Å². The van der Waals surface area contributed by atoms with E-state index in [1.807, 2.05) is 20.8 Å². The van der Waals surface area contributed by atoms with Gasteiger partial charge in [-0.3, -0.25) is 14.2 Å². The van der Waals surface area contributed by atoms with Crippen molar-refractivity contribution >= 4 is 39.2 Å². The summed E-state index contributed by atoms with van der Waals surface area (Å²) in [6, 6.07) is 0.370. The number of hydrogen-bond acceptors (Lipinski definition) is 5. The molecule has 0 saturated heterocycles. The summed E-state index contributed by atoms with van der Waals surface area (Å²) in [7, 11) is 0. The Morgan fingerprint density at radius 3 is 2.54 bits per heavy atom. The largest absolute Gasteiger partial charge is 0.352 e. The van der Waals surface area contributed by atoms with E-state index in [1.165, 1.54) is 37.4 Å². The molecule has 1 N–H and O–H groups in total. The summed E-state index contributed by atoms with van der Waals surface area (Å²) in [6.45, 7) is 6.51. The van der Waals surface area contributed by atoms with Gasteiger partial charge in [0.05, 0.1) is 11.1 Å². The van der Waals surface area contributed by atoms with Gasteiger partial charge in [0.1, 0.15) is 4.83 Å². The molecule has 2 aliphatic carbocycles. The van der Waals surface area contributed by atoms with E-state index < -0.39 is 0 Å². The molecule has 0 aromatic carbocycles. The number of nitrogens with zero attached hydrogens (tertiary/aromatic N) is 2. The summed E-state index contributed by atoms with van der Waals surface area (Å²) >= 11 is 2.93. The molecule has 0 bridgehead atoms. The maximum absolute atomic E-state index is 12.8. The van der Waals surface area contributed by atoms with Gasteiger partial charge in [0.15, 0.2) is 5.16 Å². The summed E-state index contributed by atoms with van der Waals surface area (Å²) in [5, 5.41) is 4.62. The third-order valence-electron chi connectivity index (χ3n) is 5.49. The van der Waals surface area contributed by atoms with Crippen molar-refractivity contribution in [3.63, 3.8) is 0 Å². The van der Waals surface area contributed by atoms with Crippen LogP contribution in [-0.2, 0) is 11.3 Å². The minimum absolute atomic E-state index is 0.0103. The van der Waals surface area contributed by atoms with Crippen LogP contribution in [0, 0.1) is 25.7 Å². The molecule has 2 aromatic heterocycles. The van der Waals surface area contributed by atoms with Crippen LogP contribution in [0.25, 0.3) is 10.2 Å². The van der Waals surface area contributed by atoms with Crippen molar-refractivity contribution in [2.45, 2.75) is 64.2 Å². The Morgan fingerprint density at radius 1 is 1.31 bits per heavy atom. The van der Waals surface area contributed by atoms with Gasteiger partial charge in [-0.1, -0.05) is 11.8 Å². The smallest absolute Gasteiger partial charge is 0.263 e. The van der Waals surface area contributed by atoms with E-state index in [1.54, 1.807) is 15.9 Å². The standard InChI is InChI=1S/C19H25N3O2S2/c1-4-22-18(24)15-10(2)11(3)26-17(15)21-19(22)25-9-14(23)20-16(12-5-6-12)13-7-8-13/h12-13,16H,4-9H2,1-3H3,(H,20,23). The summed E-state index contributed by atoms with van der Waals surface area (Å²) in [5.74, 6) is 1.76. The minimum Gasteiger partial charge on any atom is -0.352 e. The molecular weight excluding hydrogens is 366 g/mol. The normalized spacial score (nSPS) is 17.2. The van der Waals surface area contributed by atoms with Crippen molar-refractivity contribution in [3.8, 4) is 0 Å². The van der Waals surface area contributed by atoms with Crippen molar-refractivity contribution in [1.29, 1.82) is 0 Å². The van der Waals surface area contributed by atoms with Crippen molar-refractivity contribution in [1.82, 2.24) is 14.9 Å². The van der Waals surface area contributed by atoms with Gasteiger partial charge in [0.25, 0.3) is 5.56 Å². The summed E-state index contributed by atoms with van der Waals surface area (Å²) in [6.07, 6.45) is 5.00. The van der Waals surface area contributed by atoms with Crippen LogP contribution in [-0.4, -0.2) is 27.3 Å². The number of amides is 1. The number of rotatable bonds is 7. The molecule has 4 rings (SSSR count). The lowest BCUT2D eigenvalue weighted by atomic mass is 10.1. The summed E-state index contributed by atoms with van der Waals surface area (Å²) < 4.78 is 1.69. The Hall–Kier alpha value is -1.34. The van der Waals surface area contributed by atoms with Gasteiger partial charge in [-0.15, -0.1) is 11.3 Å². The van der Waals surface area contributed by atoms with Gasteiger partial charge in [-0.2, -0.15) is 0 Å². The molecule has 7 heteroatoms. The highest BCUT2D eigenvalue weighted by Crippen LogP contribution is 2.44. The highest BCUT2D eigenvalue weighted by Gasteiger charge is 2.42. The lowest BCUT2D eigenvalue weighted by Crippen LogP contribution is -2.39. The van der Waals surface area contributed by atoms with Gasteiger partial charge in [0.2, 0.25) is 5.91 Å². The molecule has 0 radical (unpaired) electrons. The highest BCUT2D eigenvalue weighted by molar-refractivity contribution is 7.99. The zero-order valence-corrected chi connectivity index (χ0v) is 17.1. The van der Waals surface area contributed by atoms with Crippen LogP contribution in [0.3, 0.4) is 0 Å². The molecule has 0 atom stereocenters. The van der Waals surface area contributed by atoms with E-state index in [2.05, 4.69) is 5.32 Å². The number of thioether (sulfide) groups is 1. The molecule has 0 spiro atoms. The van der Waals surface area contributed by atoms with Crippen molar-refractivity contribution < 1.29 is 4.79 Å². The van der Waals surface area contributed by atoms with Gasteiger partial charge in [-0.25, -0.2) is 4.98 Å². The monoisotopic (exact) mass is 391 g/mol. The average Bonchev–Trinajstić information content (AvgIpc) is 3.51. The van der Waals surface area contributed by atoms with Gasteiger partial charge < -0.3 is 5.32 Å². The van der Waals surface area contributed by atoms with E-state index in [0.29, 0.717) is 35.3 Å². The van der Waals surface area contributed by atoms with Gasteiger partial charge in [0, 0.05) is 17.5 Å². The summed E-state index contributed by atoms with van der Waals surface area (Å²) in [4.78, 5) is 31.9. The van der Waals surface area contributed by atoms with E-state index in [0.717, 1.165) is 20.7 Å². The van der Waals surface area contributed by atoms with Gasteiger partial charge >= 0.3 is 0 Å². The number of aromatic nitrogens is 2. The molecule has 5 nitrogen and oxygen atoms in total. The Bertz CT molecular complexity index is 898. The lowest BCUT2D eigenvalue weighted by Gasteiger charge is -2.17. The molecule has 0 unspecified atom stereocenters. The first-order chi connectivity index (χ1) is 12.5. The molecule has 26 heavy (non-hydrogen) atoms. The topological polar surface area (TPSA) is 64.0 Å². The Morgan fingerprint density at radius 2 is 1.96 bits per heavy atom. The fourth-order valence-electron chi connectivity index (χ4n) is 3.59. The minimum atomic E-state index is 0.0103. The highest BCUT2D eigenvalue weighted by atomic mass is 32.2. The van der Waals surface area contributed by atoms with Crippen LogP contribution in [0.2, 0.25) is 0 Å². The predicted octanol–water partition coefficient (Wildman–Crippen LogP) is 3.49. The van der Waals surface area contributed by atoms with E-state index in [4.69, 9.17) is 4.98 Å². The van der Waals surface area contributed by atoms with Crippen LogP contribution < -0.4 is 10.9 Å². The Labute approximate surface area is 161 Å². The molecule has 2 saturated carbocycles. The molecule has 1 amide bonds. The first kappa shape index (κ1) is 18.0.